The van der Waals surface area contributed by atoms with Gasteiger partial charge in [-0.15, -0.1) is 0 Å². The van der Waals surface area contributed by atoms with Crippen molar-refractivity contribution in [3.8, 4) is 0 Å². The largest absolute Gasteiger partial charge is 0.390 e. The van der Waals surface area contributed by atoms with Crippen LogP contribution in [-0.4, -0.2) is 33.8 Å². The highest BCUT2D eigenvalue weighted by Crippen LogP contribution is 2.26. The van der Waals surface area contributed by atoms with Crippen LogP contribution in [0, 0.1) is 0 Å². The molecule has 2 aromatic rings. The zero-order valence-corrected chi connectivity index (χ0v) is 10.8. The molecule has 2 atom stereocenters. The van der Waals surface area contributed by atoms with E-state index in [4.69, 9.17) is 0 Å². The average Bonchev–Trinajstić information content (AvgIpc) is 2.85. The van der Waals surface area contributed by atoms with Gasteiger partial charge in [0.15, 0.2) is 0 Å². The maximum atomic E-state index is 10.7. The number of hydrogen-bond donors (Lipinski definition) is 4. The number of fused-ring (bicyclic) bond motifs is 1. The van der Waals surface area contributed by atoms with Gasteiger partial charge in [0.05, 0.1) is 11.6 Å². The third-order valence-corrected chi connectivity index (χ3v) is 3.12. The molecule has 1 heterocycles. The molecule has 5 heteroatoms. The minimum Gasteiger partial charge on any atom is -0.390 e. The molecule has 0 radical (unpaired) electrons. The van der Waals surface area contributed by atoms with E-state index in [2.05, 4.69) is 10.3 Å². The van der Waals surface area contributed by atoms with Gasteiger partial charge in [-0.3, -0.25) is 4.79 Å². The van der Waals surface area contributed by atoms with E-state index in [9.17, 15) is 15.0 Å². The number of aromatic nitrogens is 1. The van der Waals surface area contributed by atoms with Crippen molar-refractivity contribution in [2.45, 2.75) is 25.6 Å². The highest BCUT2D eigenvalue weighted by Gasteiger charge is 2.20. The molecule has 0 aliphatic rings. The molecule has 0 aliphatic heterocycles. The minimum absolute atomic E-state index is 0.145. The lowest BCUT2D eigenvalue weighted by Gasteiger charge is -2.19. The van der Waals surface area contributed by atoms with Crippen molar-refractivity contribution >= 4 is 16.8 Å². The van der Waals surface area contributed by atoms with Gasteiger partial charge in [-0.2, -0.15) is 0 Å². The maximum absolute atomic E-state index is 10.7. The molecule has 102 valence electrons. The van der Waals surface area contributed by atoms with Crippen LogP contribution in [0.1, 0.15) is 25.0 Å². The molecule has 4 N–H and O–H groups in total. The van der Waals surface area contributed by atoms with E-state index in [0.29, 0.717) is 18.5 Å². The van der Waals surface area contributed by atoms with Crippen LogP contribution in [-0.2, 0) is 4.79 Å². The summed E-state index contributed by atoms with van der Waals surface area (Å²) >= 11 is 0. The molecule has 2 rings (SSSR count). The van der Waals surface area contributed by atoms with Gasteiger partial charge in [0.1, 0.15) is 6.10 Å². The second-order valence-electron chi connectivity index (χ2n) is 4.57. The molecular formula is C14H18N2O3. The SMILES string of the molecule is CC(=O)NCCC(O)C(O)c1cccc2cc[nH]c12. The number of carbonyl (C=O) groups is 1. The Morgan fingerprint density at radius 2 is 2.16 bits per heavy atom. The fraction of sp³-hybridized carbons (Fsp3) is 0.357. The van der Waals surface area contributed by atoms with E-state index in [1.54, 1.807) is 12.3 Å². The fourth-order valence-corrected chi connectivity index (χ4v) is 2.12. The molecule has 2 unspecified atom stereocenters. The van der Waals surface area contributed by atoms with Gasteiger partial charge < -0.3 is 20.5 Å². The Hall–Kier alpha value is -1.85. The van der Waals surface area contributed by atoms with E-state index in [1.165, 1.54) is 6.92 Å². The van der Waals surface area contributed by atoms with Crippen molar-refractivity contribution in [3.05, 3.63) is 36.0 Å². The van der Waals surface area contributed by atoms with Gasteiger partial charge in [-0.25, -0.2) is 0 Å². The number of amides is 1. The van der Waals surface area contributed by atoms with E-state index in [0.717, 1.165) is 10.9 Å². The van der Waals surface area contributed by atoms with Crippen molar-refractivity contribution < 1.29 is 15.0 Å². The summed E-state index contributed by atoms with van der Waals surface area (Å²) in [5.41, 5.74) is 1.49. The first-order valence-corrected chi connectivity index (χ1v) is 6.26. The van der Waals surface area contributed by atoms with Crippen LogP contribution in [0.5, 0.6) is 0 Å². The van der Waals surface area contributed by atoms with Gasteiger partial charge in [-0.1, -0.05) is 18.2 Å². The molecule has 1 amide bonds. The topological polar surface area (TPSA) is 85.3 Å². The predicted octanol–water partition coefficient (Wildman–Crippen LogP) is 1.09. The summed E-state index contributed by atoms with van der Waals surface area (Å²) in [6.45, 7) is 1.76. The summed E-state index contributed by atoms with van der Waals surface area (Å²) in [5.74, 6) is -0.145. The van der Waals surface area contributed by atoms with Crippen LogP contribution in [0.2, 0.25) is 0 Å². The first-order valence-electron chi connectivity index (χ1n) is 6.26. The molecule has 1 aromatic carbocycles. The molecule has 19 heavy (non-hydrogen) atoms. The van der Waals surface area contributed by atoms with Crippen LogP contribution >= 0.6 is 0 Å². The third-order valence-electron chi connectivity index (χ3n) is 3.12. The molecule has 0 saturated carbocycles. The number of carbonyl (C=O) groups excluding carboxylic acids is 1. The van der Waals surface area contributed by atoms with Crippen molar-refractivity contribution in [1.29, 1.82) is 0 Å². The summed E-state index contributed by atoms with van der Waals surface area (Å²) < 4.78 is 0. The lowest BCUT2D eigenvalue weighted by molar-refractivity contribution is -0.119. The number of aromatic amines is 1. The van der Waals surface area contributed by atoms with E-state index >= 15 is 0 Å². The fourth-order valence-electron chi connectivity index (χ4n) is 2.12. The monoisotopic (exact) mass is 262 g/mol. The van der Waals surface area contributed by atoms with Gasteiger partial charge in [0.25, 0.3) is 0 Å². The first kappa shape index (κ1) is 13.6. The number of aliphatic hydroxyl groups is 2. The highest BCUT2D eigenvalue weighted by molar-refractivity contribution is 5.82. The minimum atomic E-state index is -0.976. The zero-order chi connectivity index (χ0) is 13.8. The predicted molar refractivity (Wildman–Crippen MR) is 72.6 cm³/mol. The number of rotatable bonds is 5. The third kappa shape index (κ3) is 3.13. The molecule has 0 fully saturated rings. The summed E-state index contributed by atoms with van der Waals surface area (Å²) in [6.07, 6.45) is 0.208. The van der Waals surface area contributed by atoms with E-state index in [1.807, 2.05) is 18.2 Å². The Morgan fingerprint density at radius 3 is 2.89 bits per heavy atom. The van der Waals surface area contributed by atoms with E-state index in [-0.39, 0.29) is 5.91 Å². The summed E-state index contributed by atoms with van der Waals surface area (Å²) in [6, 6.07) is 7.47. The Morgan fingerprint density at radius 1 is 1.37 bits per heavy atom. The van der Waals surface area contributed by atoms with Crippen LogP contribution in [0.15, 0.2) is 30.5 Å². The Labute approximate surface area is 111 Å². The number of H-pyrrole nitrogens is 1. The second-order valence-corrected chi connectivity index (χ2v) is 4.57. The van der Waals surface area contributed by atoms with Crippen LogP contribution in [0.25, 0.3) is 10.9 Å². The molecule has 1 aromatic heterocycles. The number of para-hydroxylation sites is 1. The average molecular weight is 262 g/mol. The molecule has 5 nitrogen and oxygen atoms in total. The lowest BCUT2D eigenvalue weighted by Crippen LogP contribution is -2.27. The standard InChI is InChI=1S/C14H18N2O3/c1-9(17)15-8-6-12(18)14(19)11-4-2-3-10-5-7-16-13(10)11/h2-5,7,12,14,16,18-19H,6,8H2,1H3,(H,15,17). The maximum Gasteiger partial charge on any atom is 0.216 e. The Balaban J connectivity index is 2.08. The van der Waals surface area contributed by atoms with Crippen LogP contribution in [0.3, 0.4) is 0 Å². The van der Waals surface area contributed by atoms with Gasteiger partial charge in [-0.05, 0) is 17.9 Å². The summed E-state index contributed by atoms with van der Waals surface area (Å²) in [7, 11) is 0. The first-order chi connectivity index (χ1) is 9.09. The highest BCUT2D eigenvalue weighted by atomic mass is 16.3. The van der Waals surface area contributed by atoms with Gasteiger partial charge in [0, 0.05) is 25.2 Å². The van der Waals surface area contributed by atoms with Crippen molar-refractivity contribution in [2.75, 3.05) is 6.54 Å². The molecule has 0 saturated heterocycles. The van der Waals surface area contributed by atoms with Crippen molar-refractivity contribution in [3.63, 3.8) is 0 Å². The zero-order valence-electron chi connectivity index (χ0n) is 10.8. The number of hydrogen-bond acceptors (Lipinski definition) is 3. The molecule has 0 spiro atoms. The molecule has 0 aliphatic carbocycles. The number of nitrogens with one attached hydrogen (secondary N) is 2. The number of aliphatic hydroxyl groups excluding tert-OH is 2. The smallest absolute Gasteiger partial charge is 0.216 e. The Kier molecular flexibility index (Phi) is 4.19. The molecule has 0 bridgehead atoms. The summed E-state index contributed by atoms with van der Waals surface area (Å²) in [5, 5.41) is 23.7. The normalized spacial score (nSPS) is 14.3. The van der Waals surface area contributed by atoms with Crippen molar-refractivity contribution in [2.24, 2.45) is 0 Å². The number of benzene rings is 1. The van der Waals surface area contributed by atoms with Crippen LogP contribution < -0.4 is 5.32 Å². The van der Waals surface area contributed by atoms with Gasteiger partial charge in [0.2, 0.25) is 5.91 Å². The summed E-state index contributed by atoms with van der Waals surface area (Å²) in [4.78, 5) is 13.8. The molecular weight excluding hydrogens is 244 g/mol. The van der Waals surface area contributed by atoms with E-state index < -0.39 is 12.2 Å². The van der Waals surface area contributed by atoms with Crippen LogP contribution in [0.4, 0.5) is 0 Å². The Bertz CT molecular complexity index is 565. The van der Waals surface area contributed by atoms with Crippen molar-refractivity contribution in [1.82, 2.24) is 10.3 Å². The quantitative estimate of drug-likeness (QED) is 0.650. The second kappa shape index (κ2) is 5.86. The lowest BCUT2D eigenvalue weighted by atomic mass is 10.00. The van der Waals surface area contributed by atoms with Gasteiger partial charge >= 0.3 is 0 Å².